The summed E-state index contributed by atoms with van der Waals surface area (Å²) in [6, 6.07) is 13.9. The Bertz CT molecular complexity index is 525. The van der Waals surface area contributed by atoms with Gasteiger partial charge in [-0.3, -0.25) is 4.79 Å². The summed E-state index contributed by atoms with van der Waals surface area (Å²) in [4.78, 5) is 15.0. The van der Waals surface area contributed by atoms with Gasteiger partial charge in [-0.15, -0.1) is 11.3 Å². The van der Waals surface area contributed by atoms with Crippen molar-refractivity contribution in [2.75, 3.05) is 7.05 Å². The second kappa shape index (κ2) is 7.22. The Hall–Kier alpha value is -1.65. The molecule has 1 atom stereocenters. The number of amides is 1. The number of carbonyl (C=O) groups excluding carboxylic acids is 1. The van der Waals surface area contributed by atoms with Crippen LogP contribution in [0.15, 0.2) is 47.8 Å². The van der Waals surface area contributed by atoms with Crippen LogP contribution in [0.1, 0.15) is 29.3 Å². The van der Waals surface area contributed by atoms with Crippen molar-refractivity contribution in [2.24, 2.45) is 5.73 Å². The predicted molar refractivity (Wildman–Crippen MR) is 83.4 cm³/mol. The highest BCUT2D eigenvalue weighted by Crippen LogP contribution is 2.17. The Kier molecular flexibility index (Phi) is 5.32. The fraction of sp³-hybridized carbons (Fsp3) is 0.312. The van der Waals surface area contributed by atoms with Gasteiger partial charge in [-0.1, -0.05) is 36.4 Å². The number of carbonyl (C=O) groups is 1. The van der Waals surface area contributed by atoms with E-state index in [-0.39, 0.29) is 11.9 Å². The fourth-order valence-electron chi connectivity index (χ4n) is 2.06. The zero-order valence-corrected chi connectivity index (χ0v) is 12.5. The second-order valence-corrected chi connectivity index (χ2v) is 5.92. The topological polar surface area (TPSA) is 46.3 Å². The first-order chi connectivity index (χ1) is 9.66. The molecule has 0 bridgehead atoms. The van der Waals surface area contributed by atoms with Crippen molar-refractivity contribution >= 4 is 17.2 Å². The maximum Gasteiger partial charge on any atom is 0.222 e. The molecule has 1 heterocycles. The summed E-state index contributed by atoms with van der Waals surface area (Å²) in [6.07, 6.45) is 1.16. The first-order valence-electron chi connectivity index (χ1n) is 6.73. The van der Waals surface area contributed by atoms with Crippen LogP contribution < -0.4 is 5.73 Å². The van der Waals surface area contributed by atoms with Gasteiger partial charge in [0.1, 0.15) is 0 Å². The monoisotopic (exact) mass is 288 g/mol. The number of benzene rings is 1. The van der Waals surface area contributed by atoms with Gasteiger partial charge in [0.15, 0.2) is 0 Å². The molecule has 0 spiro atoms. The lowest BCUT2D eigenvalue weighted by molar-refractivity contribution is -0.130. The number of thiophene rings is 1. The molecule has 0 aliphatic carbocycles. The predicted octanol–water partition coefficient (Wildman–Crippen LogP) is 3.19. The van der Waals surface area contributed by atoms with Gasteiger partial charge >= 0.3 is 0 Å². The molecule has 0 aliphatic rings. The summed E-state index contributed by atoms with van der Waals surface area (Å²) in [5, 5.41) is 2.03. The molecule has 2 rings (SSSR count). The Morgan fingerprint density at radius 3 is 2.65 bits per heavy atom. The lowest BCUT2D eigenvalue weighted by atomic mass is 10.0. The van der Waals surface area contributed by atoms with Crippen LogP contribution in [0.5, 0.6) is 0 Å². The molecule has 106 valence electrons. The van der Waals surface area contributed by atoms with Gasteiger partial charge in [-0.05, 0) is 23.4 Å². The molecular formula is C16H20N2OS. The summed E-state index contributed by atoms with van der Waals surface area (Å²) in [7, 11) is 1.84. The highest BCUT2D eigenvalue weighted by molar-refractivity contribution is 7.09. The lowest BCUT2D eigenvalue weighted by Gasteiger charge is -2.18. The van der Waals surface area contributed by atoms with E-state index in [1.165, 1.54) is 4.88 Å². The molecule has 2 aromatic rings. The van der Waals surface area contributed by atoms with Gasteiger partial charge in [-0.25, -0.2) is 0 Å². The SMILES string of the molecule is CN(Cc1cccs1)C(=O)CCC(N)c1ccccc1. The van der Waals surface area contributed by atoms with E-state index in [0.29, 0.717) is 19.4 Å². The van der Waals surface area contributed by atoms with Crippen LogP contribution >= 0.6 is 11.3 Å². The molecule has 1 aromatic heterocycles. The van der Waals surface area contributed by atoms with Crippen molar-refractivity contribution < 1.29 is 4.79 Å². The van der Waals surface area contributed by atoms with E-state index in [0.717, 1.165) is 5.56 Å². The fourth-order valence-corrected chi connectivity index (χ4v) is 2.82. The molecule has 0 fully saturated rings. The summed E-state index contributed by atoms with van der Waals surface area (Å²) in [6.45, 7) is 0.678. The highest BCUT2D eigenvalue weighted by atomic mass is 32.1. The number of nitrogens with zero attached hydrogens (tertiary/aromatic N) is 1. The van der Waals surface area contributed by atoms with Crippen molar-refractivity contribution in [3.05, 3.63) is 58.3 Å². The summed E-state index contributed by atoms with van der Waals surface area (Å²) in [5.41, 5.74) is 7.20. The van der Waals surface area contributed by atoms with Crippen LogP contribution in [0.25, 0.3) is 0 Å². The molecule has 0 saturated heterocycles. The normalized spacial score (nSPS) is 12.1. The number of hydrogen-bond donors (Lipinski definition) is 1. The number of hydrogen-bond acceptors (Lipinski definition) is 3. The quantitative estimate of drug-likeness (QED) is 0.887. The highest BCUT2D eigenvalue weighted by Gasteiger charge is 2.13. The van der Waals surface area contributed by atoms with Gasteiger partial charge in [0, 0.05) is 24.4 Å². The average Bonchev–Trinajstić information content (AvgIpc) is 2.98. The Morgan fingerprint density at radius 2 is 2.00 bits per heavy atom. The molecule has 20 heavy (non-hydrogen) atoms. The standard InChI is InChI=1S/C16H20N2OS/c1-18(12-14-8-5-11-20-14)16(19)10-9-15(17)13-6-3-2-4-7-13/h2-8,11,15H,9-10,12,17H2,1H3. The molecule has 1 aromatic carbocycles. The third kappa shape index (κ3) is 4.18. The molecule has 2 N–H and O–H groups in total. The Balaban J connectivity index is 1.80. The zero-order chi connectivity index (χ0) is 14.4. The average molecular weight is 288 g/mol. The first-order valence-corrected chi connectivity index (χ1v) is 7.61. The largest absolute Gasteiger partial charge is 0.341 e. The van der Waals surface area contributed by atoms with Crippen molar-refractivity contribution in [3.8, 4) is 0 Å². The van der Waals surface area contributed by atoms with E-state index in [1.54, 1.807) is 16.2 Å². The molecule has 1 amide bonds. The minimum absolute atomic E-state index is 0.0738. The van der Waals surface area contributed by atoms with Crippen molar-refractivity contribution in [2.45, 2.75) is 25.4 Å². The summed E-state index contributed by atoms with van der Waals surface area (Å²) >= 11 is 1.67. The van der Waals surface area contributed by atoms with Crippen LogP contribution in [0.2, 0.25) is 0 Å². The molecule has 1 unspecified atom stereocenters. The minimum Gasteiger partial charge on any atom is -0.341 e. The van der Waals surface area contributed by atoms with Crippen LogP contribution in [0, 0.1) is 0 Å². The van der Waals surface area contributed by atoms with E-state index < -0.39 is 0 Å². The van der Waals surface area contributed by atoms with Crippen molar-refractivity contribution in [1.29, 1.82) is 0 Å². The number of nitrogens with two attached hydrogens (primary N) is 1. The molecule has 3 nitrogen and oxygen atoms in total. The molecule has 4 heteroatoms. The smallest absolute Gasteiger partial charge is 0.222 e. The van der Waals surface area contributed by atoms with E-state index >= 15 is 0 Å². The summed E-state index contributed by atoms with van der Waals surface area (Å²) in [5.74, 6) is 0.143. The van der Waals surface area contributed by atoms with Crippen molar-refractivity contribution in [3.63, 3.8) is 0 Å². The van der Waals surface area contributed by atoms with Gasteiger partial charge in [-0.2, -0.15) is 0 Å². The number of rotatable bonds is 6. The first kappa shape index (κ1) is 14.8. The molecule has 0 radical (unpaired) electrons. The van der Waals surface area contributed by atoms with Crippen LogP contribution in [-0.4, -0.2) is 17.9 Å². The lowest BCUT2D eigenvalue weighted by Crippen LogP contribution is -2.26. The minimum atomic E-state index is -0.0738. The summed E-state index contributed by atoms with van der Waals surface area (Å²) < 4.78 is 0. The van der Waals surface area contributed by atoms with E-state index in [9.17, 15) is 4.79 Å². The Labute approximate surface area is 124 Å². The van der Waals surface area contributed by atoms with E-state index in [4.69, 9.17) is 5.73 Å². The Morgan fingerprint density at radius 1 is 1.25 bits per heavy atom. The molecular weight excluding hydrogens is 268 g/mol. The van der Waals surface area contributed by atoms with Crippen LogP contribution in [0.4, 0.5) is 0 Å². The third-order valence-electron chi connectivity index (χ3n) is 3.30. The maximum absolute atomic E-state index is 12.1. The third-order valence-corrected chi connectivity index (χ3v) is 4.16. The van der Waals surface area contributed by atoms with Gasteiger partial charge in [0.25, 0.3) is 0 Å². The maximum atomic E-state index is 12.1. The van der Waals surface area contributed by atoms with Crippen LogP contribution in [0.3, 0.4) is 0 Å². The van der Waals surface area contributed by atoms with Gasteiger partial charge < -0.3 is 10.6 Å². The van der Waals surface area contributed by atoms with Crippen molar-refractivity contribution in [1.82, 2.24) is 4.90 Å². The van der Waals surface area contributed by atoms with E-state index in [1.807, 2.05) is 54.9 Å². The van der Waals surface area contributed by atoms with E-state index in [2.05, 4.69) is 0 Å². The molecule has 0 aliphatic heterocycles. The molecule has 0 saturated carbocycles. The van der Waals surface area contributed by atoms with Gasteiger partial charge in [0.05, 0.1) is 6.54 Å². The zero-order valence-electron chi connectivity index (χ0n) is 11.7. The van der Waals surface area contributed by atoms with Crippen LogP contribution in [-0.2, 0) is 11.3 Å². The van der Waals surface area contributed by atoms with Gasteiger partial charge in [0.2, 0.25) is 5.91 Å². The second-order valence-electron chi connectivity index (χ2n) is 4.89.